The summed E-state index contributed by atoms with van der Waals surface area (Å²) < 4.78 is 25.1. The first-order valence-electron chi connectivity index (χ1n) is 8.59. The Morgan fingerprint density at radius 1 is 1.21 bits per heavy atom. The second-order valence-corrected chi connectivity index (χ2v) is 7.31. The average molecular weight is 417 g/mol. The van der Waals surface area contributed by atoms with Gasteiger partial charge in [-0.15, -0.1) is 10.2 Å². The number of nitrogens with zero attached hydrogens (tertiary/aromatic N) is 3. The van der Waals surface area contributed by atoms with Crippen LogP contribution in [0.4, 0.5) is 10.1 Å². The minimum absolute atomic E-state index is 0.313. The van der Waals surface area contributed by atoms with Crippen molar-refractivity contribution < 1.29 is 18.7 Å². The zero-order valence-electron chi connectivity index (χ0n) is 16.0. The summed E-state index contributed by atoms with van der Waals surface area (Å²) in [5, 5.41) is 10.7. The van der Waals surface area contributed by atoms with Crippen LogP contribution < -0.4 is 20.6 Å². The number of carbonyl (C=O) groups excluding carboxylic acids is 1. The maximum absolute atomic E-state index is 13.3. The van der Waals surface area contributed by atoms with Crippen molar-refractivity contribution in [2.24, 2.45) is 0 Å². The number of nitrogens with two attached hydrogens (primary N) is 1. The molecule has 29 heavy (non-hydrogen) atoms. The molecule has 0 radical (unpaired) electrons. The molecule has 0 aliphatic rings. The van der Waals surface area contributed by atoms with E-state index in [1.54, 1.807) is 38.3 Å². The Morgan fingerprint density at radius 2 is 2.00 bits per heavy atom. The Labute approximate surface area is 171 Å². The van der Waals surface area contributed by atoms with E-state index in [9.17, 15) is 9.18 Å². The number of thioether (sulfide) groups is 1. The molecule has 8 nitrogen and oxygen atoms in total. The molecule has 0 spiro atoms. The zero-order chi connectivity index (χ0) is 21.0. The van der Waals surface area contributed by atoms with Crippen molar-refractivity contribution in [1.82, 2.24) is 14.9 Å². The molecule has 3 aromatic rings. The summed E-state index contributed by atoms with van der Waals surface area (Å²) in [7, 11) is 3.09. The molecular formula is C19H20FN5O3S. The number of anilines is 1. The number of aromatic nitrogens is 3. The summed E-state index contributed by atoms with van der Waals surface area (Å²) in [6, 6.07) is 10.9. The van der Waals surface area contributed by atoms with Crippen LogP contribution in [0.15, 0.2) is 47.6 Å². The third-order valence-corrected chi connectivity index (χ3v) is 5.11. The number of hydrogen-bond acceptors (Lipinski definition) is 7. The SMILES string of the molecule is COc1ccc(-c2nnc(S[C@H](C)C(=O)Nc3cccc(F)c3)n2N)c(OC)c1. The molecule has 0 unspecified atom stereocenters. The van der Waals surface area contributed by atoms with E-state index in [0.717, 1.165) is 11.8 Å². The van der Waals surface area contributed by atoms with Gasteiger partial charge in [-0.3, -0.25) is 4.79 Å². The number of halogens is 1. The van der Waals surface area contributed by atoms with Gasteiger partial charge in [0.25, 0.3) is 0 Å². The molecule has 0 saturated carbocycles. The van der Waals surface area contributed by atoms with Crippen LogP contribution in [0.5, 0.6) is 11.5 Å². The fourth-order valence-electron chi connectivity index (χ4n) is 2.55. The van der Waals surface area contributed by atoms with Gasteiger partial charge in [0.2, 0.25) is 11.1 Å². The molecular weight excluding hydrogens is 397 g/mol. The number of rotatable bonds is 7. The minimum atomic E-state index is -0.546. The Bertz CT molecular complexity index is 1030. The first kappa shape index (κ1) is 20.5. The van der Waals surface area contributed by atoms with Crippen LogP contribution in [0.2, 0.25) is 0 Å². The van der Waals surface area contributed by atoms with Gasteiger partial charge in [-0.25, -0.2) is 9.07 Å². The van der Waals surface area contributed by atoms with Crippen LogP contribution in [-0.2, 0) is 4.79 Å². The summed E-state index contributed by atoms with van der Waals surface area (Å²) in [4.78, 5) is 12.4. The Hall–Kier alpha value is -3.27. The summed E-state index contributed by atoms with van der Waals surface area (Å²) in [6.07, 6.45) is 0. The van der Waals surface area contributed by atoms with Crippen LogP contribution in [0.1, 0.15) is 6.92 Å². The maximum atomic E-state index is 13.3. The summed E-state index contributed by atoms with van der Waals surface area (Å²) in [6.45, 7) is 1.70. The normalized spacial score (nSPS) is 11.7. The smallest absolute Gasteiger partial charge is 0.237 e. The highest BCUT2D eigenvalue weighted by atomic mass is 32.2. The van der Waals surface area contributed by atoms with Crippen LogP contribution >= 0.6 is 11.8 Å². The minimum Gasteiger partial charge on any atom is -0.497 e. The molecule has 1 heterocycles. The van der Waals surface area contributed by atoms with Gasteiger partial charge in [0.05, 0.1) is 25.0 Å². The van der Waals surface area contributed by atoms with Crippen molar-refractivity contribution in [3.63, 3.8) is 0 Å². The molecule has 1 atom stereocenters. The van der Waals surface area contributed by atoms with E-state index in [2.05, 4.69) is 15.5 Å². The van der Waals surface area contributed by atoms with E-state index in [4.69, 9.17) is 15.3 Å². The van der Waals surface area contributed by atoms with Crippen molar-refractivity contribution in [3.05, 3.63) is 48.3 Å². The van der Waals surface area contributed by atoms with Crippen molar-refractivity contribution >= 4 is 23.4 Å². The van der Waals surface area contributed by atoms with Crippen molar-refractivity contribution in [1.29, 1.82) is 0 Å². The molecule has 1 amide bonds. The van der Waals surface area contributed by atoms with E-state index < -0.39 is 11.1 Å². The molecule has 10 heteroatoms. The van der Waals surface area contributed by atoms with Gasteiger partial charge in [-0.1, -0.05) is 17.8 Å². The van der Waals surface area contributed by atoms with Crippen molar-refractivity contribution in [3.8, 4) is 22.9 Å². The Balaban J connectivity index is 1.76. The third kappa shape index (κ3) is 4.60. The molecule has 3 rings (SSSR count). The number of methoxy groups -OCH3 is 2. The number of nitrogens with one attached hydrogen (secondary N) is 1. The molecule has 0 aliphatic carbocycles. The number of hydrogen-bond donors (Lipinski definition) is 2. The van der Waals surface area contributed by atoms with Gasteiger partial charge in [0.1, 0.15) is 17.3 Å². The van der Waals surface area contributed by atoms with Gasteiger partial charge in [-0.2, -0.15) is 0 Å². The lowest BCUT2D eigenvalue weighted by Gasteiger charge is -2.12. The van der Waals surface area contributed by atoms with E-state index in [1.807, 2.05) is 0 Å². The molecule has 1 aromatic heterocycles. The van der Waals surface area contributed by atoms with Gasteiger partial charge < -0.3 is 20.6 Å². The average Bonchev–Trinajstić information content (AvgIpc) is 3.07. The first-order chi connectivity index (χ1) is 13.9. The topological polar surface area (TPSA) is 104 Å². The van der Waals surface area contributed by atoms with Crippen LogP contribution in [0.3, 0.4) is 0 Å². The molecule has 0 bridgehead atoms. The van der Waals surface area contributed by atoms with E-state index in [0.29, 0.717) is 33.7 Å². The maximum Gasteiger partial charge on any atom is 0.237 e. The predicted octanol–water partition coefficient (Wildman–Crippen LogP) is 2.93. The number of benzene rings is 2. The van der Waals surface area contributed by atoms with Gasteiger partial charge in [0.15, 0.2) is 5.82 Å². The van der Waals surface area contributed by atoms with Crippen molar-refractivity contribution in [2.45, 2.75) is 17.3 Å². The number of ether oxygens (including phenoxy) is 2. The highest BCUT2D eigenvalue weighted by molar-refractivity contribution is 8.00. The van der Waals surface area contributed by atoms with Crippen LogP contribution in [-0.4, -0.2) is 40.3 Å². The number of nitrogen functional groups attached to an aromatic ring is 1. The summed E-state index contributed by atoms with van der Waals surface area (Å²) in [5.41, 5.74) is 1.01. The Morgan fingerprint density at radius 3 is 2.69 bits per heavy atom. The number of amides is 1. The molecule has 152 valence electrons. The third-order valence-electron chi connectivity index (χ3n) is 4.06. The predicted molar refractivity (Wildman–Crippen MR) is 109 cm³/mol. The largest absolute Gasteiger partial charge is 0.497 e. The highest BCUT2D eigenvalue weighted by Crippen LogP contribution is 2.33. The van der Waals surface area contributed by atoms with Gasteiger partial charge >= 0.3 is 0 Å². The molecule has 3 N–H and O–H groups in total. The highest BCUT2D eigenvalue weighted by Gasteiger charge is 2.21. The fraction of sp³-hybridized carbons (Fsp3) is 0.211. The monoisotopic (exact) mass is 417 g/mol. The zero-order valence-corrected chi connectivity index (χ0v) is 16.9. The van der Waals surface area contributed by atoms with E-state index >= 15 is 0 Å². The Kier molecular flexibility index (Phi) is 6.23. The van der Waals surface area contributed by atoms with Crippen LogP contribution in [0, 0.1) is 5.82 Å². The molecule has 0 saturated heterocycles. The lowest BCUT2D eigenvalue weighted by Crippen LogP contribution is -2.23. The summed E-state index contributed by atoms with van der Waals surface area (Å²) >= 11 is 1.13. The molecule has 0 fully saturated rings. The second-order valence-electron chi connectivity index (χ2n) is 6.00. The summed E-state index contributed by atoms with van der Waals surface area (Å²) in [5.74, 6) is 6.95. The lowest BCUT2D eigenvalue weighted by atomic mass is 10.2. The van der Waals surface area contributed by atoms with Crippen LogP contribution in [0.25, 0.3) is 11.4 Å². The first-order valence-corrected chi connectivity index (χ1v) is 9.47. The lowest BCUT2D eigenvalue weighted by molar-refractivity contribution is -0.115. The quantitative estimate of drug-likeness (QED) is 0.450. The van der Waals surface area contributed by atoms with E-state index in [1.165, 1.54) is 30.0 Å². The second kappa shape index (κ2) is 8.82. The molecule has 2 aromatic carbocycles. The van der Waals surface area contributed by atoms with Gasteiger partial charge in [0, 0.05) is 11.8 Å². The van der Waals surface area contributed by atoms with Crippen molar-refractivity contribution in [2.75, 3.05) is 25.4 Å². The fourth-order valence-corrected chi connectivity index (χ4v) is 3.32. The van der Waals surface area contributed by atoms with E-state index in [-0.39, 0.29) is 5.91 Å². The molecule has 0 aliphatic heterocycles. The van der Waals surface area contributed by atoms with Gasteiger partial charge in [-0.05, 0) is 37.3 Å². The standard InChI is InChI=1S/C19H20FN5O3S/c1-11(18(26)22-13-6-4-5-12(20)9-13)29-19-24-23-17(25(19)21)15-8-7-14(27-2)10-16(15)28-3/h4-11H,21H2,1-3H3,(H,22,26)/t11-/m1/s1. The number of carbonyl (C=O) groups is 1.